The van der Waals surface area contributed by atoms with Crippen LogP contribution in [0.5, 0.6) is 5.88 Å². The quantitative estimate of drug-likeness (QED) is 0.924. The molecule has 0 atom stereocenters. The highest BCUT2D eigenvalue weighted by atomic mass is 19.4. The Bertz CT molecular complexity index is 535. The highest BCUT2D eigenvalue weighted by Gasteiger charge is 2.37. The van der Waals surface area contributed by atoms with E-state index in [0.717, 1.165) is 5.56 Å². The van der Waals surface area contributed by atoms with Gasteiger partial charge in [0.1, 0.15) is 5.69 Å². The third-order valence-electron chi connectivity index (χ3n) is 2.62. The fourth-order valence-corrected chi connectivity index (χ4v) is 1.80. The summed E-state index contributed by atoms with van der Waals surface area (Å²) in [7, 11) is 0. The number of benzene rings is 1. The molecule has 0 aliphatic heterocycles. The van der Waals surface area contributed by atoms with Crippen molar-refractivity contribution in [3.8, 4) is 5.88 Å². The molecule has 1 heterocycles. The van der Waals surface area contributed by atoms with Crippen LogP contribution in [0.25, 0.3) is 0 Å². The molecule has 19 heavy (non-hydrogen) atoms. The highest BCUT2D eigenvalue weighted by Crippen LogP contribution is 2.35. The maximum absolute atomic E-state index is 12.9. The molecule has 0 spiro atoms. The van der Waals surface area contributed by atoms with E-state index in [1.807, 2.05) is 11.2 Å². The molecular weight excluding hydrogens is 257 g/mol. The minimum absolute atomic E-state index is 0.0127. The van der Waals surface area contributed by atoms with Crippen molar-refractivity contribution in [2.75, 3.05) is 6.61 Å². The van der Waals surface area contributed by atoms with Crippen molar-refractivity contribution in [3.05, 3.63) is 47.2 Å². The first-order valence-corrected chi connectivity index (χ1v) is 5.83. The van der Waals surface area contributed by atoms with Crippen molar-refractivity contribution in [3.63, 3.8) is 0 Å². The van der Waals surface area contributed by atoms with Crippen molar-refractivity contribution in [2.45, 2.75) is 19.5 Å². The van der Waals surface area contributed by atoms with Crippen molar-refractivity contribution in [1.29, 1.82) is 0 Å². The van der Waals surface area contributed by atoms with Crippen molar-refractivity contribution < 1.29 is 17.9 Å². The van der Waals surface area contributed by atoms with Gasteiger partial charge in [-0.25, -0.2) is 0 Å². The number of hydrogen-bond donors (Lipinski definition) is 1. The molecule has 0 bridgehead atoms. The number of nitrogens with zero attached hydrogens (tertiary/aromatic N) is 1. The Morgan fingerprint density at radius 1 is 1.21 bits per heavy atom. The Balaban J connectivity index is 2.38. The van der Waals surface area contributed by atoms with Gasteiger partial charge in [0.2, 0.25) is 5.88 Å². The first-order chi connectivity index (χ1) is 9.02. The second-order valence-corrected chi connectivity index (χ2v) is 3.98. The summed E-state index contributed by atoms with van der Waals surface area (Å²) in [5, 5.41) is 5.62. The van der Waals surface area contributed by atoms with E-state index in [1.165, 1.54) is 0 Å². The van der Waals surface area contributed by atoms with Crippen molar-refractivity contribution in [1.82, 2.24) is 10.2 Å². The summed E-state index contributed by atoms with van der Waals surface area (Å²) in [6, 6.07) is 8.91. The van der Waals surface area contributed by atoms with Crippen LogP contribution in [0.3, 0.4) is 0 Å². The van der Waals surface area contributed by atoms with Crippen LogP contribution < -0.4 is 4.74 Å². The second-order valence-electron chi connectivity index (χ2n) is 3.98. The topological polar surface area (TPSA) is 37.9 Å². The number of halogens is 3. The van der Waals surface area contributed by atoms with Gasteiger partial charge in [0, 0.05) is 6.42 Å². The van der Waals surface area contributed by atoms with E-state index in [9.17, 15) is 13.2 Å². The van der Waals surface area contributed by atoms with E-state index < -0.39 is 11.9 Å². The minimum atomic E-state index is -4.47. The van der Waals surface area contributed by atoms with Gasteiger partial charge < -0.3 is 4.74 Å². The van der Waals surface area contributed by atoms with Gasteiger partial charge in [0.05, 0.1) is 12.2 Å². The molecule has 6 heteroatoms. The molecule has 2 rings (SSSR count). The predicted octanol–water partition coefficient (Wildman–Crippen LogP) is 3.42. The lowest BCUT2D eigenvalue weighted by Gasteiger charge is -2.08. The molecule has 0 saturated carbocycles. The Morgan fingerprint density at radius 3 is 2.47 bits per heavy atom. The molecule has 0 radical (unpaired) electrons. The number of rotatable bonds is 4. The molecule has 0 saturated heterocycles. The maximum Gasteiger partial charge on any atom is 0.433 e. The third-order valence-corrected chi connectivity index (χ3v) is 2.62. The van der Waals surface area contributed by atoms with Crippen LogP contribution in [0.2, 0.25) is 0 Å². The number of aromatic nitrogens is 2. The van der Waals surface area contributed by atoms with Crippen LogP contribution in [0.4, 0.5) is 13.2 Å². The molecule has 0 unspecified atom stereocenters. The van der Waals surface area contributed by atoms with Crippen LogP contribution in [-0.4, -0.2) is 16.8 Å². The van der Waals surface area contributed by atoms with Gasteiger partial charge in [-0.3, -0.25) is 5.10 Å². The number of nitrogens with one attached hydrogen (secondary N) is 1. The Morgan fingerprint density at radius 2 is 1.89 bits per heavy atom. The molecule has 0 aliphatic rings. The summed E-state index contributed by atoms with van der Waals surface area (Å²) in [6.45, 7) is 1.97. The van der Waals surface area contributed by atoms with Gasteiger partial charge in [-0.2, -0.15) is 13.2 Å². The molecule has 102 valence electrons. The summed E-state index contributed by atoms with van der Waals surface area (Å²) < 4.78 is 43.8. The minimum Gasteiger partial charge on any atom is -0.477 e. The standard InChI is InChI=1S/C13H13F3N2O/c1-2-19-12-10(8-9-6-4-3-5-7-9)11(17-18-12)13(14,15)16/h3-7H,2,8H2,1H3,(H,17,18). The lowest BCUT2D eigenvalue weighted by atomic mass is 10.0. The molecular formula is C13H13F3N2O. The Kier molecular flexibility index (Phi) is 3.78. The number of hydrogen-bond acceptors (Lipinski definition) is 2. The highest BCUT2D eigenvalue weighted by molar-refractivity contribution is 5.37. The summed E-state index contributed by atoms with van der Waals surface area (Å²) in [6.07, 6.45) is -4.34. The van der Waals surface area contributed by atoms with Crippen LogP contribution in [0.1, 0.15) is 23.7 Å². The summed E-state index contributed by atoms with van der Waals surface area (Å²) in [5.74, 6) is 0.0127. The van der Waals surface area contributed by atoms with Gasteiger partial charge >= 0.3 is 6.18 Å². The fourth-order valence-electron chi connectivity index (χ4n) is 1.80. The van der Waals surface area contributed by atoms with Gasteiger partial charge in [-0.15, -0.1) is 5.10 Å². The van der Waals surface area contributed by atoms with Gasteiger partial charge in [-0.1, -0.05) is 30.3 Å². The van der Waals surface area contributed by atoms with Crippen molar-refractivity contribution in [2.24, 2.45) is 0 Å². The van der Waals surface area contributed by atoms with Gasteiger partial charge in [0.15, 0.2) is 0 Å². The van der Waals surface area contributed by atoms with Crippen LogP contribution in [0, 0.1) is 0 Å². The normalized spacial score (nSPS) is 11.6. The molecule has 3 nitrogen and oxygen atoms in total. The first-order valence-electron chi connectivity index (χ1n) is 5.83. The number of H-pyrrole nitrogens is 1. The largest absolute Gasteiger partial charge is 0.477 e. The zero-order chi connectivity index (χ0) is 13.9. The molecule has 2 aromatic rings. The molecule has 0 amide bonds. The van der Waals surface area contributed by atoms with Crippen LogP contribution in [0.15, 0.2) is 30.3 Å². The predicted molar refractivity (Wildman–Crippen MR) is 64.0 cm³/mol. The van der Waals surface area contributed by atoms with E-state index >= 15 is 0 Å². The number of ether oxygens (including phenoxy) is 1. The summed E-state index contributed by atoms with van der Waals surface area (Å²) in [4.78, 5) is 0. The van der Waals surface area contributed by atoms with Crippen LogP contribution in [-0.2, 0) is 12.6 Å². The monoisotopic (exact) mass is 270 g/mol. The summed E-state index contributed by atoms with van der Waals surface area (Å²) in [5.41, 5.74) is -0.0318. The maximum atomic E-state index is 12.9. The lowest BCUT2D eigenvalue weighted by Crippen LogP contribution is -2.09. The van der Waals surface area contributed by atoms with Crippen molar-refractivity contribution >= 4 is 0 Å². The van der Waals surface area contributed by atoms with E-state index in [1.54, 1.807) is 31.2 Å². The number of alkyl halides is 3. The van der Waals surface area contributed by atoms with Crippen LogP contribution >= 0.6 is 0 Å². The zero-order valence-corrected chi connectivity index (χ0v) is 10.3. The van der Waals surface area contributed by atoms with Gasteiger partial charge in [0.25, 0.3) is 0 Å². The first kappa shape index (κ1) is 13.5. The number of aromatic amines is 1. The van der Waals surface area contributed by atoms with E-state index in [4.69, 9.17) is 4.74 Å². The van der Waals surface area contributed by atoms with Gasteiger partial charge in [-0.05, 0) is 12.5 Å². The zero-order valence-electron chi connectivity index (χ0n) is 10.3. The fraction of sp³-hybridized carbons (Fsp3) is 0.308. The molecule has 1 aromatic carbocycles. The molecule has 0 fully saturated rings. The van der Waals surface area contributed by atoms with E-state index in [2.05, 4.69) is 5.10 Å². The Labute approximate surface area is 108 Å². The second kappa shape index (κ2) is 5.34. The average Bonchev–Trinajstić information content (AvgIpc) is 2.74. The smallest absolute Gasteiger partial charge is 0.433 e. The average molecular weight is 270 g/mol. The Hall–Kier alpha value is -1.98. The van der Waals surface area contributed by atoms with E-state index in [-0.39, 0.29) is 24.5 Å². The third kappa shape index (κ3) is 3.07. The lowest BCUT2D eigenvalue weighted by molar-refractivity contribution is -0.141. The SMILES string of the molecule is CCOc1n[nH]c(C(F)(F)F)c1Cc1ccccc1. The molecule has 1 aromatic heterocycles. The summed E-state index contributed by atoms with van der Waals surface area (Å²) >= 11 is 0. The molecule has 1 N–H and O–H groups in total. The van der Waals surface area contributed by atoms with E-state index in [0.29, 0.717) is 0 Å². The molecule has 0 aliphatic carbocycles.